The molecule has 1 amide bonds. The summed E-state index contributed by atoms with van der Waals surface area (Å²) in [6.07, 6.45) is 20.9. The Hall–Kier alpha value is -4.03. The van der Waals surface area contributed by atoms with Crippen molar-refractivity contribution in [1.82, 2.24) is 20.5 Å². The lowest BCUT2D eigenvalue weighted by Gasteiger charge is -2.14. The molecule has 2 N–H and O–H groups in total. The van der Waals surface area contributed by atoms with Crippen molar-refractivity contribution < 1.29 is 9.53 Å². The molecule has 0 atom stereocenters. The van der Waals surface area contributed by atoms with Crippen molar-refractivity contribution in [3.63, 3.8) is 0 Å². The van der Waals surface area contributed by atoms with E-state index in [4.69, 9.17) is 4.74 Å². The van der Waals surface area contributed by atoms with Gasteiger partial charge in [-0.05, 0) is 62.5 Å². The summed E-state index contributed by atoms with van der Waals surface area (Å²) in [6.45, 7) is 9.67. The van der Waals surface area contributed by atoms with Crippen molar-refractivity contribution in [1.29, 1.82) is 0 Å². The number of aryl methyl sites for hydroxylation is 1. The van der Waals surface area contributed by atoms with E-state index in [1.165, 1.54) is 5.57 Å². The molecule has 6 nitrogen and oxygen atoms in total. The molecule has 0 fully saturated rings. The molecule has 37 heavy (non-hydrogen) atoms. The number of amides is 1. The Bertz CT molecular complexity index is 1330. The zero-order valence-corrected chi connectivity index (χ0v) is 21.6. The predicted octanol–water partition coefficient (Wildman–Crippen LogP) is 6.31. The fourth-order valence-electron chi connectivity index (χ4n) is 4.35. The van der Waals surface area contributed by atoms with Gasteiger partial charge in [0.2, 0.25) is 5.91 Å². The number of pyridine rings is 1. The summed E-state index contributed by atoms with van der Waals surface area (Å²) in [7, 11) is 0. The molecular formula is C31H34N4O2. The van der Waals surface area contributed by atoms with Gasteiger partial charge >= 0.3 is 0 Å². The summed E-state index contributed by atoms with van der Waals surface area (Å²) in [4.78, 5) is 17.5. The van der Waals surface area contributed by atoms with Crippen LogP contribution >= 0.6 is 0 Å². The minimum absolute atomic E-state index is 0.0103. The van der Waals surface area contributed by atoms with Crippen LogP contribution in [0.3, 0.4) is 0 Å². The second-order valence-electron chi connectivity index (χ2n) is 9.04. The molecule has 2 aliphatic rings. The van der Waals surface area contributed by atoms with Crippen molar-refractivity contribution in [3.8, 4) is 11.4 Å². The van der Waals surface area contributed by atoms with Gasteiger partial charge in [0.25, 0.3) is 0 Å². The van der Waals surface area contributed by atoms with Crippen LogP contribution in [-0.4, -0.2) is 34.3 Å². The van der Waals surface area contributed by atoms with Gasteiger partial charge in [0.1, 0.15) is 5.69 Å². The quantitative estimate of drug-likeness (QED) is 0.442. The van der Waals surface area contributed by atoms with E-state index in [-0.39, 0.29) is 5.91 Å². The fourth-order valence-corrected chi connectivity index (χ4v) is 4.35. The van der Waals surface area contributed by atoms with Gasteiger partial charge in [0.05, 0.1) is 18.9 Å². The van der Waals surface area contributed by atoms with Gasteiger partial charge in [0, 0.05) is 35.1 Å². The van der Waals surface area contributed by atoms with Crippen LogP contribution in [0.15, 0.2) is 102 Å². The number of aromatic nitrogens is 3. The zero-order valence-electron chi connectivity index (χ0n) is 21.6. The summed E-state index contributed by atoms with van der Waals surface area (Å²) in [5, 5.41) is 10.5. The Kier molecular flexibility index (Phi) is 9.00. The number of aromatic amines is 1. The summed E-state index contributed by atoms with van der Waals surface area (Å²) >= 11 is 0. The number of carbonyl (C=O) groups excluding carboxylic acids is 1. The molecule has 0 saturated carbocycles. The highest BCUT2D eigenvalue weighted by atomic mass is 16.5. The van der Waals surface area contributed by atoms with Crippen LogP contribution in [0.4, 0.5) is 0 Å². The molecule has 4 rings (SSSR count). The second kappa shape index (κ2) is 12.8. The van der Waals surface area contributed by atoms with Crippen LogP contribution < -0.4 is 5.32 Å². The molecule has 1 aliphatic carbocycles. The molecule has 3 heterocycles. The number of allylic oxidation sites excluding steroid dienone is 10. The van der Waals surface area contributed by atoms with Crippen LogP contribution in [0.1, 0.15) is 43.9 Å². The third-order valence-electron chi connectivity index (χ3n) is 6.26. The monoisotopic (exact) mass is 494 g/mol. The Labute approximate surface area is 218 Å². The molecule has 2 aromatic heterocycles. The average molecular weight is 495 g/mol. The van der Waals surface area contributed by atoms with Gasteiger partial charge in [-0.15, -0.1) is 0 Å². The molecule has 0 bridgehead atoms. The molecule has 0 radical (unpaired) electrons. The average Bonchev–Trinajstić information content (AvgIpc) is 3.21. The molecule has 2 aromatic rings. The second-order valence-corrected chi connectivity index (χ2v) is 9.04. The third kappa shape index (κ3) is 7.02. The lowest BCUT2D eigenvalue weighted by atomic mass is 9.96. The summed E-state index contributed by atoms with van der Waals surface area (Å²) < 4.78 is 5.50. The van der Waals surface area contributed by atoms with Crippen molar-refractivity contribution in [2.45, 2.75) is 39.5 Å². The van der Waals surface area contributed by atoms with E-state index >= 15 is 0 Å². The van der Waals surface area contributed by atoms with E-state index in [2.05, 4.69) is 33.2 Å². The molecule has 0 unspecified atom stereocenters. The minimum Gasteiger partial charge on any atom is -0.381 e. The van der Waals surface area contributed by atoms with Gasteiger partial charge in [-0.25, -0.2) is 0 Å². The van der Waals surface area contributed by atoms with E-state index in [0.29, 0.717) is 6.42 Å². The van der Waals surface area contributed by atoms with Crippen LogP contribution in [0.5, 0.6) is 0 Å². The molecule has 1 aliphatic heterocycles. The van der Waals surface area contributed by atoms with E-state index < -0.39 is 0 Å². The highest BCUT2D eigenvalue weighted by Crippen LogP contribution is 2.29. The highest BCUT2D eigenvalue weighted by molar-refractivity contribution is 5.84. The Morgan fingerprint density at radius 3 is 2.97 bits per heavy atom. The summed E-state index contributed by atoms with van der Waals surface area (Å²) in [6, 6.07) is 5.91. The van der Waals surface area contributed by atoms with Crippen molar-refractivity contribution in [2.24, 2.45) is 0 Å². The van der Waals surface area contributed by atoms with Crippen LogP contribution in [0.25, 0.3) is 17.0 Å². The number of nitrogens with zero attached hydrogens (tertiary/aromatic N) is 2. The lowest BCUT2D eigenvalue weighted by Crippen LogP contribution is -2.23. The molecule has 0 spiro atoms. The number of rotatable bonds is 7. The first-order chi connectivity index (χ1) is 18.0. The van der Waals surface area contributed by atoms with E-state index in [1.54, 1.807) is 0 Å². The number of hydrogen-bond acceptors (Lipinski definition) is 4. The number of H-pyrrole nitrogens is 1. The van der Waals surface area contributed by atoms with Crippen molar-refractivity contribution in [3.05, 3.63) is 113 Å². The Balaban J connectivity index is 1.54. The molecule has 0 aromatic carbocycles. The smallest absolute Gasteiger partial charge is 0.224 e. The number of nitrogens with one attached hydrogen (secondary N) is 2. The maximum absolute atomic E-state index is 12.8. The molecule has 190 valence electrons. The van der Waals surface area contributed by atoms with Crippen LogP contribution in [0, 0.1) is 6.92 Å². The van der Waals surface area contributed by atoms with Crippen LogP contribution in [-0.2, 0) is 9.53 Å². The maximum Gasteiger partial charge on any atom is 0.224 e. The summed E-state index contributed by atoms with van der Waals surface area (Å²) in [5.74, 6) is -0.0103. The first-order valence-electron chi connectivity index (χ1n) is 12.7. The first-order valence-corrected chi connectivity index (χ1v) is 12.7. The third-order valence-corrected chi connectivity index (χ3v) is 6.26. The largest absolute Gasteiger partial charge is 0.381 e. The number of carbonyl (C=O) groups is 1. The topological polar surface area (TPSA) is 79.9 Å². The van der Waals surface area contributed by atoms with Crippen molar-refractivity contribution in [2.75, 3.05) is 13.2 Å². The number of hydrogen-bond donors (Lipinski definition) is 2. The zero-order chi connectivity index (χ0) is 26.0. The van der Waals surface area contributed by atoms with Gasteiger partial charge in [-0.2, -0.15) is 5.10 Å². The van der Waals surface area contributed by atoms with Crippen LogP contribution in [0.2, 0.25) is 0 Å². The van der Waals surface area contributed by atoms with E-state index in [0.717, 1.165) is 77.5 Å². The van der Waals surface area contributed by atoms with Gasteiger partial charge in [-0.3, -0.25) is 14.9 Å². The van der Waals surface area contributed by atoms with Gasteiger partial charge in [-0.1, -0.05) is 60.8 Å². The van der Waals surface area contributed by atoms with Gasteiger partial charge in [0.15, 0.2) is 0 Å². The molecule has 6 heteroatoms. The normalized spacial score (nSPS) is 20.8. The minimum atomic E-state index is -0.0103. The molecule has 0 saturated heterocycles. The summed E-state index contributed by atoms with van der Waals surface area (Å²) in [5.41, 5.74) is 8.21. The Morgan fingerprint density at radius 1 is 1.24 bits per heavy atom. The highest BCUT2D eigenvalue weighted by Gasteiger charge is 2.15. The first kappa shape index (κ1) is 26.0. The van der Waals surface area contributed by atoms with E-state index in [1.807, 2.05) is 80.8 Å². The fraction of sp³-hybridized carbons (Fsp3) is 0.258. The molecular weight excluding hydrogens is 460 g/mol. The van der Waals surface area contributed by atoms with Crippen molar-refractivity contribution >= 4 is 11.5 Å². The predicted molar refractivity (Wildman–Crippen MR) is 149 cm³/mol. The maximum atomic E-state index is 12.8. The SMILES string of the molecule is C=C1\C=C/C(c2c[nH]nc2-c2cccc(C)n2)=C/C=C/C1=C(/C=C\C)NC(=O)CCC1=CCCOCC1. The lowest BCUT2D eigenvalue weighted by molar-refractivity contribution is -0.120. The number of ether oxygens (including phenoxy) is 1. The standard InChI is InChI=1S/C31H34N4O2/c1-4-8-28(34-30(36)17-15-24-10-7-19-37-20-18-24)26-12-6-11-25(16-14-22(26)2)27-21-32-35-31(27)29-13-5-9-23(3)33-29/h4-6,8-14,16,21H,2,7,15,17-20H2,1,3H3,(H,32,35)(H,34,36)/b8-4-,12-6+,16-14-,25-11-,28-26+. The van der Waals surface area contributed by atoms with E-state index in [9.17, 15) is 4.79 Å². The van der Waals surface area contributed by atoms with Gasteiger partial charge < -0.3 is 10.1 Å². The Morgan fingerprint density at radius 2 is 2.14 bits per heavy atom.